The van der Waals surface area contributed by atoms with Gasteiger partial charge < -0.3 is 4.74 Å². The molecule has 0 aromatic heterocycles. The predicted octanol–water partition coefficient (Wildman–Crippen LogP) is 3.26. The van der Waals surface area contributed by atoms with E-state index in [9.17, 15) is 13.2 Å². The number of carbonyl (C=O) groups excluding carboxylic acids is 1. The van der Waals surface area contributed by atoms with Gasteiger partial charge in [-0.05, 0) is 43.7 Å². The highest BCUT2D eigenvalue weighted by Crippen LogP contribution is 2.24. The molecule has 0 radical (unpaired) electrons. The second kappa shape index (κ2) is 8.21. The zero-order valence-corrected chi connectivity index (χ0v) is 15.8. The van der Waals surface area contributed by atoms with Crippen LogP contribution in [0.5, 0.6) is 5.75 Å². The van der Waals surface area contributed by atoms with Crippen molar-refractivity contribution in [2.75, 3.05) is 0 Å². The number of ether oxygens (including phenoxy) is 1. The van der Waals surface area contributed by atoms with Crippen molar-refractivity contribution in [2.24, 2.45) is 0 Å². The Kier molecular flexibility index (Phi) is 6.24. The van der Waals surface area contributed by atoms with Crippen molar-refractivity contribution in [3.05, 3.63) is 64.2 Å². The third-order valence-electron chi connectivity index (χ3n) is 3.28. The van der Waals surface area contributed by atoms with Crippen LogP contribution < -0.4 is 9.46 Å². The molecule has 0 aliphatic rings. The molecule has 0 fully saturated rings. The Hall–Kier alpha value is -2.56. The van der Waals surface area contributed by atoms with Gasteiger partial charge in [-0.25, -0.2) is 13.1 Å². The first-order valence-corrected chi connectivity index (χ1v) is 9.74. The lowest BCUT2D eigenvalue weighted by molar-refractivity contribution is 0.0975. The summed E-state index contributed by atoms with van der Waals surface area (Å²) < 4.78 is 32.2. The molecular formula is C18H17ClN2O4S. The van der Waals surface area contributed by atoms with Gasteiger partial charge in [-0.3, -0.25) is 4.79 Å². The number of benzene rings is 2. The number of hydrogen-bond donors (Lipinski definition) is 1. The molecule has 2 aromatic carbocycles. The number of halogens is 1. The average molecular weight is 393 g/mol. The molecule has 0 saturated carbocycles. The van der Waals surface area contributed by atoms with Gasteiger partial charge in [-0.1, -0.05) is 29.8 Å². The van der Waals surface area contributed by atoms with E-state index in [1.165, 1.54) is 24.3 Å². The van der Waals surface area contributed by atoms with Crippen LogP contribution >= 0.6 is 11.6 Å². The Morgan fingerprint density at radius 3 is 2.62 bits per heavy atom. The van der Waals surface area contributed by atoms with E-state index < -0.39 is 21.7 Å². The van der Waals surface area contributed by atoms with Crippen LogP contribution in [0.15, 0.2) is 42.5 Å². The summed E-state index contributed by atoms with van der Waals surface area (Å²) in [4.78, 5) is 12.5. The van der Waals surface area contributed by atoms with Crippen molar-refractivity contribution >= 4 is 27.5 Å². The Bertz CT molecular complexity index is 965. The Balaban J connectivity index is 2.26. The molecule has 0 aliphatic heterocycles. The molecule has 2 rings (SSSR count). The van der Waals surface area contributed by atoms with Gasteiger partial charge in [0, 0.05) is 5.02 Å². The van der Waals surface area contributed by atoms with E-state index >= 15 is 0 Å². The van der Waals surface area contributed by atoms with Crippen LogP contribution in [-0.2, 0) is 15.8 Å². The Labute approximate surface area is 157 Å². The molecular weight excluding hydrogens is 376 g/mol. The van der Waals surface area contributed by atoms with Crippen molar-refractivity contribution in [2.45, 2.75) is 25.7 Å². The number of carbonyl (C=O) groups is 1. The van der Waals surface area contributed by atoms with Crippen LogP contribution in [0.25, 0.3) is 0 Å². The molecule has 0 unspecified atom stereocenters. The van der Waals surface area contributed by atoms with E-state index in [0.717, 1.165) is 0 Å². The third kappa shape index (κ3) is 5.22. The molecule has 0 saturated heterocycles. The smallest absolute Gasteiger partial charge is 0.268 e. The fourth-order valence-corrected chi connectivity index (χ4v) is 3.53. The summed E-state index contributed by atoms with van der Waals surface area (Å²) in [5.74, 6) is -1.12. The van der Waals surface area contributed by atoms with E-state index in [0.29, 0.717) is 5.56 Å². The zero-order chi connectivity index (χ0) is 19.3. The maximum atomic E-state index is 12.5. The standard InChI is InChI=1S/C18H17ClN2O4S/c1-12(2)25-17-8-7-15(19)9-16(17)18(22)21-26(23,24)11-14-6-4-3-5-13(14)10-20/h3-9,12H,11H2,1-2H3,(H,21,22). The van der Waals surface area contributed by atoms with Gasteiger partial charge >= 0.3 is 0 Å². The van der Waals surface area contributed by atoms with E-state index in [-0.39, 0.29) is 28.0 Å². The highest BCUT2D eigenvalue weighted by Gasteiger charge is 2.21. The first-order chi connectivity index (χ1) is 12.2. The van der Waals surface area contributed by atoms with Crippen LogP contribution in [0.3, 0.4) is 0 Å². The lowest BCUT2D eigenvalue weighted by atomic mass is 10.1. The van der Waals surface area contributed by atoms with Crippen LogP contribution in [-0.4, -0.2) is 20.4 Å². The van der Waals surface area contributed by atoms with Gasteiger partial charge in [0.15, 0.2) is 0 Å². The summed E-state index contributed by atoms with van der Waals surface area (Å²) >= 11 is 5.92. The minimum Gasteiger partial charge on any atom is -0.490 e. The summed E-state index contributed by atoms with van der Waals surface area (Å²) in [5.41, 5.74) is 0.556. The summed E-state index contributed by atoms with van der Waals surface area (Å²) in [5, 5.41) is 9.34. The molecule has 0 atom stereocenters. The zero-order valence-electron chi connectivity index (χ0n) is 14.2. The second-order valence-corrected chi connectivity index (χ2v) is 7.93. The van der Waals surface area contributed by atoms with Gasteiger partial charge in [0.25, 0.3) is 5.91 Å². The van der Waals surface area contributed by atoms with Gasteiger partial charge in [-0.15, -0.1) is 0 Å². The average Bonchev–Trinajstić information content (AvgIpc) is 2.55. The monoisotopic (exact) mass is 392 g/mol. The van der Waals surface area contributed by atoms with E-state index in [1.54, 1.807) is 32.0 Å². The van der Waals surface area contributed by atoms with Crippen molar-refractivity contribution in [3.63, 3.8) is 0 Å². The molecule has 26 heavy (non-hydrogen) atoms. The summed E-state index contributed by atoms with van der Waals surface area (Å²) in [7, 11) is -4.02. The molecule has 8 heteroatoms. The number of nitriles is 1. The first-order valence-electron chi connectivity index (χ1n) is 7.71. The lowest BCUT2D eigenvalue weighted by Gasteiger charge is -2.15. The number of nitrogens with zero attached hydrogens (tertiary/aromatic N) is 1. The maximum absolute atomic E-state index is 12.5. The molecule has 2 aromatic rings. The highest BCUT2D eigenvalue weighted by molar-refractivity contribution is 7.89. The number of rotatable bonds is 6. The molecule has 1 amide bonds. The molecule has 0 spiro atoms. The molecule has 136 valence electrons. The molecule has 0 aliphatic carbocycles. The normalized spacial score (nSPS) is 11.0. The maximum Gasteiger partial charge on any atom is 0.268 e. The van der Waals surface area contributed by atoms with Gasteiger partial charge in [0.2, 0.25) is 10.0 Å². The van der Waals surface area contributed by atoms with Gasteiger partial charge in [0.1, 0.15) is 5.75 Å². The van der Waals surface area contributed by atoms with Crippen LogP contribution in [0.1, 0.15) is 35.3 Å². The number of sulfonamides is 1. The van der Waals surface area contributed by atoms with Crippen LogP contribution in [0.2, 0.25) is 5.02 Å². The Morgan fingerprint density at radius 2 is 1.96 bits per heavy atom. The summed E-state index contributed by atoms with van der Waals surface area (Å²) in [6.45, 7) is 3.57. The van der Waals surface area contributed by atoms with E-state index in [1.807, 2.05) is 10.8 Å². The number of amides is 1. The SMILES string of the molecule is CC(C)Oc1ccc(Cl)cc1C(=O)NS(=O)(=O)Cc1ccccc1C#N. The fraction of sp³-hybridized carbons (Fsp3) is 0.222. The van der Waals surface area contributed by atoms with E-state index in [4.69, 9.17) is 21.6 Å². The number of hydrogen-bond acceptors (Lipinski definition) is 5. The van der Waals surface area contributed by atoms with Gasteiger partial charge in [0.05, 0.1) is 29.1 Å². The highest BCUT2D eigenvalue weighted by atomic mass is 35.5. The summed E-state index contributed by atoms with van der Waals surface area (Å²) in [6, 6.07) is 12.6. The lowest BCUT2D eigenvalue weighted by Crippen LogP contribution is -2.32. The quantitative estimate of drug-likeness (QED) is 0.813. The molecule has 6 nitrogen and oxygen atoms in total. The third-order valence-corrected chi connectivity index (χ3v) is 4.70. The van der Waals surface area contributed by atoms with E-state index in [2.05, 4.69) is 0 Å². The topological polar surface area (TPSA) is 96.3 Å². The van der Waals surface area contributed by atoms with Crippen molar-refractivity contribution in [3.8, 4) is 11.8 Å². The van der Waals surface area contributed by atoms with Crippen molar-refractivity contribution in [1.82, 2.24) is 4.72 Å². The van der Waals surface area contributed by atoms with Crippen molar-refractivity contribution in [1.29, 1.82) is 5.26 Å². The van der Waals surface area contributed by atoms with Crippen LogP contribution in [0.4, 0.5) is 0 Å². The predicted molar refractivity (Wildman–Crippen MR) is 98.5 cm³/mol. The van der Waals surface area contributed by atoms with Crippen molar-refractivity contribution < 1.29 is 17.9 Å². The fourth-order valence-electron chi connectivity index (χ4n) is 2.23. The largest absolute Gasteiger partial charge is 0.490 e. The minimum absolute atomic E-state index is 0.0170. The van der Waals surface area contributed by atoms with Crippen LogP contribution in [0, 0.1) is 11.3 Å². The molecule has 0 bridgehead atoms. The first kappa shape index (κ1) is 19.8. The number of nitrogens with one attached hydrogen (secondary N) is 1. The Morgan fingerprint density at radius 1 is 1.27 bits per heavy atom. The minimum atomic E-state index is -4.02. The second-order valence-electron chi connectivity index (χ2n) is 5.77. The molecule has 0 heterocycles. The summed E-state index contributed by atoms with van der Waals surface area (Å²) in [6.07, 6.45) is -0.207. The van der Waals surface area contributed by atoms with Gasteiger partial charge in [-0.2, -0.15) is 5.26 Å². The molecule has 1 N–H and O–H groups in total.